The van der Waals surface area contributed by atoms with Crippen molar-refractivity contribution in [2.24, 2.45) is 0 Å². The number of Topliss-reactive ketones (excluding diaryl/α,β-unsaturated/α-hetero) is 1. The number of hydrogen-bond donors (Lipinski definition) is 2. The zero-order valence-corrected chi connectivity index (χ0v) is 18.8. The van der Waals surface area contributed by atoms with E-state index in [4.69, 9.17) is 9.15 Å². The zero-order valence-electron chi connectivity index (χ0n) is 18.8. The van der Waals surface area contributed by atoms with Gasteiger partial charge in [-0.2, -0.15) is 0 Å². The molecular formula is C24H31N2O5+. The Bertz CT molecular complexity index is 972. The van der Waals surface area contributed by atoms with E-state index in [0.717, 1.165) is 13.0 Å². The zero-order chi connectivity index (χ0) is 22.7. The molecule has 1 fully saturated rings. The summed E-state index contributed by atoms with van der Waals surface area (Å²) in [5, 5.41) is 11.0. The number of amides is 1. The van der Waals surface area contributed by atoms with Gasteiger partial charge in [-0.1, -0.05) is 0 Å². The summed E-state index contributed by atoms with van der Waals surface area (Å²) in [5.41, 5.74) is 0.495. The van der Waals surface area contributed by atoms with Crippen molar-refractivity contribution in [2.45, 2.75) is 39.3 Å². The van der Waals surface area contributed by atoms with Crippen molar-refractivity contribution in [1.29, 1.82) is 0 Å². The van der Waals surface area contributed by atoms with E-state index in [0.29, 0.717) is 29.4 Å². The molecule has 1 aliphatic rings. The van der Waals surface area contributed by atoms with Gasteiger partial charge in [0, 0.05) is 18.5 Å². The van der Waals surface area contributed by atoms with Gasteiger partial charge in [0.05, 0.1) is 32.3 Å². The Hall–Kier alpha value is -3.06. The van der Waals surface area contributed by atoms with Crippen LogP contribution in [0.4, 0.5) is 0 Å². The molecule has 31 heavy (non-hydrogen) atoms. The summed E-state index contributed by atoms with van der Waals surface area (Å²) in [6.07, 6.45) is 0.753. The molecule has 0 aliphatic carbocycles. The van der Waals surface area contributed by atoms with Crippen LogP contribution in [0.15, 0.2) is 46.4 Å². The second-order valence-corrected chi connectivity index (χ2v) is 8.44. The van der Waals surface area contributed by atoms with E-state index in [1.165, 1.54) is 9.80 Å². The average Bonchev–Trinajstić information content (AvgIpc) is 3.23. The number of carbonyl (C=O) groups is 2. The van der Waals surface area contributed by atoms with E-state index in [2.05, 4.69) is 0 Å². The van der Waals surface area contributed by atoms with Gasteiger partial charge in [0.1, 0.15) is 29.1 Å². The molecule has 1 aliphatic heterocycles. The standard InChI is InChI=1S/C24H30N2O5/c1-15(2)30-18-10-8-17(9-11-18)22(27)20-21(19-12-7-16(3)31-19)26(24(29)23(20)28)14-6-13-25(4)5/h7-12,15,21,27H,6,13-14H2,1-5H3/p+1/t21-/m1/s1. The first-order valence-corrected chi connectivity index (χ1v) is 10.6. The van der Waals surface area contributed by atoms with Crippen LogP contribution < -0.4 is 9.64 Å². The molecule has 1 aromatic heterocycles. The van der Waals surface area contributed by atoms with Crippen molar-refractivity contribution in [3.8, 4) is 5.75 Å². The summed E-state index contributed by atoms with van der Waals surface area (Å²) in [6.45, 7) is 6.91. The third kappa shape index (κ3) is 4.99. The van der Waals surface area contributed by atoms with Gasteiger partial charge in [0.2, 0.25) is 0 Å². The summed E-state index contributed by atoms with van der Waals surface area (Å²) in [5.74, 6) is 0.278. The Labute approximate surface area is 182 Å². The van der Waals surface area contributed by atoms with Gasteiger partial charge in [0.25, 0.3) is 11.7 Å². The number of ketones is 1. The maximum absolute atomic E-state index is 12.9. The van der Waals surface area contributed by atoms with Crippen LogP contribution in [0.5, 0.6) is 5.75 Å². The second-order valence-electron chi connectivity index (χ2n) is 8.44. The second kappa shape index (κ2) is 9.39. The smallest absolute Gasteiger partial charge is 0.295 e. The molecule has 2 N–H and O–H groups in total. The molecule has 3 rings (SSSR count). The Morgan fingerprint density at radius 3 is 2.39 bits per heavy atom. The van der Waals surface area contributed by atoms with Crippen molar-refractivity contribution in [1.82, 2.24) is 4.90 Å². The number of nitrogens with one attached hydrogen (secondary N) is 1. The van der Waals surface area contributed by atoms with E-state index in [-0.39, 0.29) is 17.4 Å². The predicted molar refractivity (Wildman–Crippen MR) is 117 cm³/mol. The summed E-state index contributed by atoms with van der Waals surface area (Å²) in [4.78, 5) is 28.6. The van der Waals surface area contributed by atoms with E-state index in [1.54, 1.807) is 43.3 Å². The molecule has 1 aromatic carbocycles. The summed E-state index contributed by atoms with van der Waals surface area (Å²) in [7, 11) is 4.07. The molecule has 0 spiro atoms. The molecule has 0 bridgehead atoms. The highest BCUT2D eigenvalue weighted by Gasteiger charge is 2.47. The average molecular weight is 428 g/mol. The van der Waals surface area contributed by atoms with Gasteiger partial charge in [-0.15, -0.1) is 0 Å². The third-order valence-electron chi connectivity index (χ3n) is 5.15. The fraction of sp³-hybridized carbons (Fsp3) is 0.417. The minimum Gasteiger partial charge on any atom is -0.507 e. The van der Waals surface area contributed by atoms with Crippen LogP contribution >= 0.6 is 0 Å². The Balaban J connectivity index is 2.00. The molecule has 1 amide bonds. The van der Waals surface area contributed by atoms with E-state index < -0.39 is 17.7 Å². The number of aliphatic hydroxyl groups is 1. The lowest BCUT2D eigenvalue weighted by atomic mass is 9.99. The Morgan fingerprint density at radius 1 is 1.16 bits per heavy atom. The highest BCUT2D eigenvalue weighted by Crippen LogP contribution is 2.40. The first kappa shape index (κ1) is 22.6. The van der Waals surface area contributed by atoms with Crippen LogP contribution in [0.2, 0.25) is 0 Å². The number of aliphatic hydroxyl groups excluding tert-OH is 1. The number of nitrogens with zero attached hydrogens (tertiary/aromatic N) is 1. The van der Waals surface area contributed by atoms with Crippen LogP contribution in [0.1, 0.15) is 43.4 Å². The number of rotatable bonds is 8. The first-order chi connectivity index (χ1) is 14.7. The topological polar surface area (TPSA) is 84.4 Å². The summed E-state index contributed by atoms with van der Waals surface area (Å²) in [6, 6.07) is 9.62. The number of carbonyl (C=O) groups excluding carboxylic acids is 2. The van der Waals surface area contributed by atoms with Crippen LogP contribution in [0.3, 0.4) is 0 Å². The van der Waals surface area contributed by atoms with Crippen molar-refractivity contribution >= 4 is 17.4 Å². The lowest BCUT2D eigenvalue weighted by Gasteiger charge is -2.23. The molecule has 7 heteroatoms. The lowest BCUT2D eigenvalue weighted by molar-refractivity contribution is -0.858. The fourth-order valence-corrected chi connectivity index (χ4v) is 3.73. The molecule has 1 saturated heterocycles. The van der Waals surface area contributed by atoms with Crippen molar-refractivity contribution in [2.75, 3.05) is 27.2 Å². The quantitative estimate of drug-likeness (QED) is 0.384. The van der Waals surface area contributed by atoms with Gasteiger partial charge in [-0.25, -0.2) is 0 Å². The number of benzene rings is 1. The van der Waals surface area contributed by atoms with Crippen molar-refractivity contribution < 1.29 is 28.7 Å². The summed E-state index contributed by atoms with van der Waals surface area (Å²) < 4.78 is 11.4. The number of hydrogen-bond acceptors (Lipinski definition) is 5. The third-order valence-corrected chi connectivity index (χ3v) is 5.15. The Morgan fingerprint density at radius 2 is 1.84 bits per heavy atom. The number of quaternary nitrogens is 1. The largest absolute Gasteiger partial charge is 0.507 e. The minimum absolute atomic E-state index is 0.0240. The van der Waals surface area contributed by atoms with Gasteiger partial charge >= 0.3 is 0 Å². The van der Waals surface area contributed by atoms with Gasteiger partial charge in [0.15, 0.2) is 0 Å². The highest BCUT2D eigenvalue weighted by molar-refractivity contribution is 6.46. The first-order valence-electron chi connectivity index (χ1n) is 10.6. The minimum atomic E-state index is -0.752. The number of aryl methyl sites for hydroxylation is 1. The van der Waals surface area contributed by atoms with Crippen molar-refractivity contribution in [3.63, 3.8) is 0 Å². The highest BCUT2D eigenvalue weighted by atomic mass is 16.5. The van der Waals surface area contributed by atoms with E-state index in [9.17, 15) is 14.7 Å². The predicted octanol–water partition coefficient (Wildman–Crippen LogP) is 2.33. The Kier molecular flexibility index (Phi) is 6.85. The normalized spacial score (nSPS) is 18.4. The SMILES string of the molecule is Cc1ccc([C@@H]2C(=C(O)c3ccc(OC(C)C)cc3)C(=O)C(=O)N2CCC[NH+](C)C)o1. The van der Waals surface area contributed by atoms with Crippen molar-refractivity contribution in [3.05, 3.63) is 59.1 Å². The van der Waals surface area contributed by atoms with Crippen LogP contribution in [0.25, 0.3) is 5.76 Å². The van der Waals surface area contributed by atoms with E-state index >= 15 is 0 Å². The molecule has 2 aromatic rings. The van der Waals surface area contributed by atoms with Crippen LogP contribution in [-0.4, -0.2) is 55.0 Å². The number of likely N-dealkylation sites (tertiary alicyclic amines) is 1. The molecule has 0 saturated carbocycles. The molecular weight excluding hydrogens is 396 g/mol. The maximum Gasteiger partial charge on any atom is 0.295 e. The van der Waals surface area contributed by atoms with Gasteiger partial charge in [-0.05, 0) is 57.2 Å². The monoisotopic (exact) mass is 427 g/mol. The summed E-state index contributed by atoms with van der Waals surface area (Å²) >= 11 is 0. The lowest BCUT2D eigenvalue weighted by Crippen LogP contribution is -3.05. The molecule has 2 heterocycles. The van der Waals surface area contributed by atoms with Gasteiger partial charge < -0.3 is 24.1 Å². The molecule has 7 nitrogen and oxygen atoms in total. The fourth-order valence-electron chi connectivity index (χ4n) is 3.73. The molecule has 0 unspecified atom stereocenters. The number of furan rings is 1. The van der Waals surface area contributed by atoms with Crippen LogP contribution in [-0.2, 0) is 9.59 Å². The van der Waals surface area contributed by atoms with Gasteiger partial charge in [-0.3, -0.25) is 9.59 Å². The molecule has 1 atom stereocenters. The number of ether oxygens (including phenoxy) is 1. The molecule has 0 radical (unpaired) electrons. The maximum atomic E-state index is 12.9. The molecule has 166 valence electrons. The van der Waals surface area contributed by atoms with E-state index in [1.807, 2.05) is 27.9 Å². The van der Waals surface area contributed by atoms with Crippen LogP contribution in [0, 0.1) is 6.92 Å².